The number of ether oxygens (including phenoxy) is 2. The lowest BCUT2D eigenvalue weighted by molar-refractivity contribution is 0.0169. The second kappa shape index (κ2) is 9.69. The highest BCUT2D eigenvalue weighted by Crippen LogP contribution is 2.26. The third-order valence-electron chi connectivity index (χ3n) is 4.89. The highest BCUT2D eigenvalue weighted by atomic mass is 32.1. The molecule has 1 unspecified atom stereocenters. The van der Waals surface area contributed by atoms with Gasteiger partial charge < -0.3 is 14.8 Å². The zero-order chi connectivity index (χ0) is 19.9. The van der Waals surface area contributed by atoms with Gasteiger partial charge in [0.05, 0.1) is 19.3 Å². The molecule has 0 saturated carbocycles. The van der Waals surface area contributed by atoms with Gasteiger partial charge in [0, 0.05) is 30.1 Å². The summed E-state index contributed by atoms with van der Waals surface area (Å²) in [4.78, 5) is 16.4. The molecule has 0 radical (unpaired) electrons. The van der Waals surface area contributed by atoms with E-state index in [2.05, 4.69) is 27.7 Å². The van der Waals surface area contributed by atoms with E-state index in [0.29, 0.717) is 17.9 Å². The van der Waals surface area contributed by atoms with Gasteiger partial charge >= 0.3 is 0 Å². The quantitative estimate of drug-likeness (QED) is 0.632. The molecule has 4 rings (SSSR count). The number of carbonyl (C=O) groups excluding carboxylic acids is 1. The summed E-state index contributed by atoms with van der Waals surface area (Å²) in [7, 11) is 0. The van der Waals surface area contributed by atoms with Crippen molar-refractivity contribution in [3.63, 3.8) is 0 Å². The summed E-state index contributed by atoms with van der Waals surface area (Å²) >= 11 is 1.72. The maximum Gasteiger partial charge on any atom is 0.251 e. The van der Waals surface area contributed by atoms with Crippen LogP contribution >= 0.6 is 11.3 Å². The Balaban J connectivity index is 1.42. The second-order valence-electron chi connectivity index (χ2n) is 6.83. The average molecular weight is 409 g/mol. The molecule has 0 aliphatic carbocycles. The minimum atomic E-state index is -0.0988. The number of amides is 1. The van der Waals surface area contributed by atoms with Crippen LogP contribution in [0.4, 0.5) is 0 Å². The van der Waals surface area contributed by atoms with Gasteiger partial charge in [-0.25, -0.2) is 0 Å². The van der Waals surface area contributed by atoms with Crippen LogP contribution < -0.4 is 10.1 Å². The molecule has 1 aliphatic rings. The van der Waals surface area contributed by atoms with E-state index >= 15 is 0 Å². The SMILES string of the molecule is O=C(NCC(c1cccs1)N1CCOCC1)c1cccc(Oc2ccccc2)c1. The van der Waals surface area contributed by atoms with Crippen LogP contribution in [0, 0.1) is 0 Å². The van der Waals surface area contributed by atoms with Gasteiger partial charge in [-0.05, 0) is 41.8 Å². The number of para-hydroxylation sites is 1. The maximum atomic E-state index is 12.8. The molecule has 1 saturated heterocycles. The molecule has 1 aliphatic heterocycles. The van der Waals surface area contributed by atoms with Crippen LogP contribution in [0.25, 0.3) is 0 Å². The number of hydrogen-bond acceptors (Lipinski definition) is 5. The van der Waals surface area contributed by atoms with E-state index in [-0.39, 0.29) is 11.9 Å². The van der Waals surface area contributed by atoms with Gasteiger partial charge in [-0.15, -0.1) is 11.3 Å². The Morgan fingerprint density at radius 3 is 2.59 bits per heavy atom. The van der Waals surface area contributed by atoms with Gasteiger partial charge in [-0.1, -0.05) is 30.3 Å². The van der Waals surface area contributed by atoms with E-state index in [4.69, 9.17) is 9.47 Å². The maximum absolute atomic E-state index is 12.8. The summed E-state index contributed by atoms with van der Waals surface area (Å²) in [5.74, 6) is 1.29. The first-order valence-corrected chi connectivity index (χ1v) is 10.6. The van der Waals surface area contributed by atoms with E-state index in [1.807, 2.05) is 48.5 Å². The molecule has 2 heterocycles. The van der Waals surface area contributed by atoms with Crippen LogP contribution in [-0.4, -0.2) is 43.7 Å². The second-order valence-corrected chi connectivity index (χ2v) is 7.81. The van der Waals surface area contributed by atoms with Crippen LogP contribution in [0.3, 0.4) is 0 Å². The Kier molecular flexibility index (Phi) is 6.56. The van der Waals surface area contributed by atoms with Crippen LogP contribution in [0.5, 0.6) is 11.5 Å². The van der Waals surface area contributed by atoms with Gasteiger partial charge in [0.1, 0.15) is 11.5 Å². The topological polar surface area (TPSA) is 50.8 Å². The minimum Gasteiger partial charge on any atom is -0.457 e. The number of nitrogens with one attached hydrogen (secondary N) is 1. The minimum absolute atomic E-state index is 0.0988. The number of morpholine rings is 1. The van der Waals surface area contributed by atoms with Crippen molar-refractivity contribution in [2.24, 2.45) is 0 Å². The van der Waals surface area contributed by atoms with Gasteiger partial charge in [0.2, 0.25) is 0 Å². The van der Waals surface area contributed by atoms with Crippen molar-refractivity contribution < 1.29 is 14.3 Å². The number of carbonyl (C=O) groups is 1. The number of thiophene rings is 1. The highest BCUT2D eigenvalue weighted by Gasteiger charge is 2.24. The van der Waals surface area contributed by atoms with E-state index < -0.39 is 0 Å². The largest absolute Gasteiger partial charge is 0.457 e. The molecule has 5 nitrogen and oxygen atoms in total. The van der Waals surface area contributed by atoms with Crippen LogP contribution in [0.2, 0.25) is 0 Å². The molecule has 0 spiro atoms. The van der Waals surface area contributed by atoms with Crippen molar-refractivity contribution in [3.05, 3.63) is 82.6 Å². The van der Waals surface area contributed by atoms with Crippen molar-refractivity contribution in [1.29, 1.82) is 0 Å². The van der Waals surface area contributed by atoms with E-state index in [0.717, 1.165) is 32.1 Å². The Morgan fingerprint density at radius 2 is 1.83 bits per heavy atom. The molecule has 1 amide bonds. The fourth-order valence-corrected chi connectivity index (χ4v) is 4.26. The monoisotopic (exact) mass is 408 g/mol. The molecular formula is C23H24N2O3S. The molecule has 1 atom stereocenters. The summed E-state index contributed by atoms with van der Waals surface area (Å²) < 4.78 is 11.3. The summed E-state index contributed by atoms with van der Waals surface area (Å²) in [6.45, 7) is 3.77. The zero-order valence-corrected chi connectivity index (χ0v) is 16.9. The average Bonchev–Trinajstić information content (AvgIpc) is 3.30. The molecule has 29 heavy (non-hydrogen) atoms. The molecule has 1 aromatic heterocycles. The molecule has 150 valence electrons. The first kappa shape index (κ1) is 19.6. The summed E-state index contributed by atoms with van der Waals surface area (Å²) in [6.07, 6.45) is 0. The Labute approximate surface area is 174 Å². The van der Waals surface area contributed by atoms with Crippen LogP contribution in [0.15, 0.2) is 72.1 Å². The van der Waals surface area contributed by atoms with Crippen LogP contribution in [0.1, 0.15) is 21.3 Å². The normalized spacial score (nSPS) is 15.6. The van der Waals surface area contributed by atoms with Gasteiger partial charge in [0.15, 0.2) is 0 Å². The number of benzene rings is 2. The van der Waals surface area contributed by atoms with Gasteiger partial charge in [-0.3, -0.25) is 9.69 Å². The van der Waals surface area contributed by atoms with Crippen LogP contribution in [-0.2, 0) is 4.74 Å². The molecule has 0 bridgehead atoms. The molecule has 1 fully saturated rings. The summed E-state index contributed by atoms with van der Waals surface area (Å²) in [6, 6.07) is 21.2. The van der Waals surface area contributed by atoms with Crippen molar-refractivity contribution in [3.8, 4) is 11.5 Å². The lowest BCUT2D eigenvalue weighted by Gasteiger charge is -2.34. The number of rotatable bonds is 7. The van der Waals surface area contributed by atoms with Crippen molar-refractivity contribution in [2.45, 2.75) is 6.04 Å². The summed E-state index contributed by atoms with van der Waals surface area (Å²) in [5, 5.41) is 5.18. The fraction of sp³-hybridized carbons (Fsp3) is 0.261. The lowest BCUT2D eigenvalue weighted by atomic mass is 10.1. The van der Waals surface area contributed by atoms with E-state index in [9.17, 15) is 4.79 Å². The third-order valence-corrected chi connectivity index (χ3v) is 5.86. The molecule has 2 aromatic carbocycles. The van der Waals surface area contributed by atoms with E-state index in [1.54, 1.807) is 17.4 Å². The molecule has 6 heteroatoms. The zero-order valence-electron chi connectivity index (χ0n) is 16.1. The number of hydrogen-bond donors (Lipinski definition) is 1. The smallest absolute Gasteiger partial charge is 0.251 e. The predicted octanol–water partition coefficient (Wildman–Crippen LogP) is 4.34. The molecule has 3 aromatic rings. The van der Waals surface area contributed by atoms with Crippen molar-refractivity contribution in [2.75, 3.05) is 32.8 Å². The highest BCUT2D eigenvalue weighted by molar-refractivity contribution is 7.10. The standard InChI is InChI=1S/C23H24N2O3S/c26-23(18-6-4-9-20(16-18)28-19-7-2-1-3-8-19)24-17-21(22-10-5-15-29-22)25-11-13-27-14-12-25/h1-10,15-16,21H,11-14,17H2,(H,24,26). The summed E-state index contributed by atoms with van der Waals surface area (Å²) in [5.41, 5.74) is 0.588. The third kappa shape index (κ3) is 5.23. The van der Waals surface area contributed by atoms with Crippen molar-refractivity contribution in [1.82, 2.24) is 10.2 Å². The molecule has 1 N–H and O–H groups in total. The number of nitrogens with zero attached hydrogens (tertiary/aromatic N) is 1. The van der Waals surface area contributed by atoms with Gasteiger partial charge in [0.25, 0.3) is 5.91 Å². The first-order valence-electron chi connectivity index (χ1n) is 9.76. The van der Waals surface area contributed by atoms with Gasteiger partial charge in [-0.2, -0.15) is 0 Å². The van der Waals surface area contributed by atoms with E-state index in [1.165, 1.54) is 4.88 Å². The Bertz CT molecular complexity index is 909. The Morgan fingerprint density at radius 1 is 1.03 bits per heavy atom. The molecular weight excluding hydrogens is 384 g/mol. The predicted molar refractivity (Wildman–Crippen MR) is 115 cm³/mol. The fourth-order valence-electron chi connectivity index (χ4n) is 3.40. The lowest BCUT2D eigenvalue weighted by Crippen LogP contribution is -2.43. The first-order chi connectivity index (χ1) is 14.3. The Hall–Kier alpha value is -2.67. The van der Waals surface area contributed by atoms with Crippen molar-refractivity contribution >= 4 is 17.2 Å².